The van der Waals surface area contributed by atoms with Gasteiger partial charge in [-0.2, -0.15) is 0 Å². The lowest BCUT2D eigenvalue weighted by Gasteiger charge is -2.26. The average Bonchev–Trinajstić information content (AvgIpc) is 3.96. The van der Waals surface area contributed by atoms with Crippen LogP contribution in [0.15, 0.2) is 192 Å². The van der Waals surface area contributed by atoms with E-state index in [2.05, 4.69) is 204 Å². The van der Waals surface area contributed by atoms with Gasteiger partial charge in [0, 0.05) is 71.1 Å². The molecule has 0 fully saturated rings. The van der Waals surface area contributed by atoms with E-state index in [1.54, 1.807) is 0 Å². The number of nitrogens with zero attached hydrogens (tertiary/aromatic N) is 2. The van der Waals surface area contributed by atoms with Crippen LogP contribution in [0.25, 0.3) is 87.0 Å². The fraction of sp³-hybridized carbons (Fsp3) is 0.0370. The van der Waals surface area contributed by atoms with E-state index >= 15 is 0 Å². The van der Waals surface area contributed by atoms with Crippen LogP contribution in [-0.4, -0.2) is 4.57 Å². The van der Waals surface area contributed by atoms with Crippen LogP contribution in [0.3, 0.4) is 0 Å². The maximum atomic E-state index is 6.35. The number of fused-ring (bicyclic) bond motifs is 9. The molecular formula is C54H36N2OS. The van der Waals surface area contributed by atoms with Crippen molar-refractivity contribution in [3.8, 4) is 27.9 Å². The molecule has 0 atom stereocenters. The number of hydrogen-bond acceptors (Lipinski definition) is 3. The highest BCUT2D eigenvalue weighted by Crippen LogP contribution is 2.43. The zero-order chi connectivity index (χ0) is 38.2. The summed E-state index contributed by atoms with van der Waals surface area (Å²) in [4.78, 5) is 2.39. The highest BCUT2D eigenvalue weighted by atomic mass is 32.1. The Labute approximate surface area is 340 Å². The summed E-state index contributed by atoms with van der Waals surface area (Å²) >= 11 is 1.87. The van der Waals surface area contributed by atoms with Crippen molar-refractivity contribution >= 4 is 87.4 Å². The zero-order valence-corrected chi connectivity index (χ0v) is 32.4. The lowest BCUT2D eigenvalue weighted by Crippen LogP contribution is -2.10. The van der Waals surface area contributed by atoms with Crippen LogP contribution in [0.2, 0.25) is 0 Å². The summed E-state index contributed by atoms with van der Waals surface area (Å²) in [6.07, 6.45) is 6.44. The van der Waals surface area contributed by atoms with Crippen molar-refractivity contribution in [3.05, 3.63) is 199 Å². The Morgan fingerprint density at radius 2 is 1.17 bits per heavy atom. The van der Waals surface area contributed by atoms with Gasteiger partial charge in [-0.05, 0) is 101 Å². The molecule has 3 aromatic heterocycles. The first-order valence-corrected chi connectivity index (χ1v) is 20.8. The summed E-state index contributed by atoms with van der Waals surface area (Å²) in [7, 11) is 0. The predicted octanol–water partition coefficient (Wildman–Crippen LogP) is 15.7. The van der Waals surface area contributed by atoms with Crippen LogP contribution < -0.4 is 4.90 Å². The highest BCUT2D eigenvalue weighted by molar-refractivity contribution is 7.26. The highest BCUT2D eigenvalue weighted by Gasteiger charge is 2.19. The van der Waals surface area contributed by atoms with E-state index in [1.807, 2.05) is 11.3 Å². The third-order valence-corrected chi connectivity index (χ3v) is 13.1. The molecule has 1 aliphatic carbocycles. The van der Waals surface area contributed by atoms with Gasteiger partial charge in [-0.15, -0.1) is 11.3 Å². The molecule has 3 nitrogen and oxygen atoms in total. The van der Waals surface area contributed by atoms with Crippen LogP contribution in [0, 0.1) is 0 Å². The fourth-order valence-electron chi connectivity index (χ4n) is 9.10. The summed E-state index contributed by atoms with van der Waals surface area (Å²) in [6.45, 7) is 0. The lowest BCUT2D eigenvalue weighted by atomic mass is 9.99. The van der Waals surface area contributed by atoms with Gasteiger partial charge in [0.1, 0.15) is 11.3 Å². The second-order valence-electron chi connectivity index (χ2n) is 15.2. The summed E-state index contributed by atoms with van der Waals surface area (Å²) in [6, 6.07) is 66.4. The van der Waals surface area contributed by atoms with Crippen molar-refractivity contribution in [3.63, 3.8) is 0 Å². The Morgan fingerprint density at radius 1 is 0.500 bits per heavy atom. The Kier molecular flexibility index (Phi) is 7.54. The van der Waals surface area contributed by atoms with Crippen LogP contribution in [-0.2, 0) is 6.42 Å². The van der Waals surface area contributed by atoms with Gasteiger partial charge in [-0.3, -0.25) is 0 Å². The molecule has 8 aromatic carbocycles. The summed E-state index contributed by atoms with van der Waals surface area (Å²) in [5.41, 5.74) is 13.7. The van der Waals surface area contributed by atoms with Crippen molar-refractivity contribution < 1.29 is 4.42 Å². The van der Waals surface area contributed by atoms with Gasteiger partial charge in [0.15, 0.2) is 0 Å². The van der Waals surface area contributed by atoms with E-state index in [9.17, 15) is 0 Å². The van der Waals surface area contributed by atoms with Crippen molar-refractivity contribution in [2.75, 3.05) is 4.90 Å². The molecule has 0 saturated heterocycles. The number of allylic oxidation sites excluding steroid dienone is 1. The maximum absolute atomic E-state index is 6.35. The number of furan rings is 1. The van der Waals surface area contributed by atoms with Gasteiger partial charge in [-0.25, -0.2) is 0 Å². The number of anilines is 3. The van der Waals surface area contributed by atoms with Crippen LogP contribution in [0.4, 0.5) is 17.1 Å². The molecule has 0 unspecified atom stereocenters. The second kappa shape index (κ2) is 13.2. The average molecular weight is 761 g/mol. The molecule has 0 spiro atoms. The lowest BCUT2D eigenvalue weighted by molar-refractivity contribution is 0.546. The molecule has 3 heterocycles. The number of aromatic nitrogens is 1. The summed E-state index contributed by atoms with van der Waals surface area (Å²) in [5, 5.41) is 6.30. The van der Waals surface area contributed by atoms with Crippen molar-refractivity contribution in [1.29, 1.82) is 0 Å². The maximum Gasteiger partial charge on any atom is 0.135 e. The number of para-hydroxylation sites is 2. The Hall–Kier alpha value is -7.14. The Morgan fingerprint density at radius 3 is 2.02 bits per heavy atom. The molecule has 0 radical (unpaired) electrons. The van der Waals surface area contributed by atoms with Gasteiger partial charge in [0.25, 0.3) is 0 Å². The molecule has 0 bridgehead atoms. The fourth-order valence-corrected chi connectivity index (χ4v) is 10.3. The van der Waals surface area contributed by atoms with Crippen molar-refractivity contribution in [2.45, 2.75) is 12.8 Å². The predicted molar refractivity (Wildman–Crippen MR) is 246 cm³/mol. The number of hydrogen-bond donors (Lipinski definition) is 0. The minimum atomic E-state index is 0.952. The molecule has 0 amide bonds. The SMILES string of the molecule is C1=Cc2c(oc3cc(-c4ccc(N(c5ccc(-c6cccc7c6sc6ccccc67)cc5)c5ccc6c7ccccc7n(-c7ccccc7)c6c5)cc4)ccc23)CC1. The quantitative estimate of drug-likeness (QED) is 0.168. The topological polar surface area (TPSA) is 21.3 Å². The van der Waals surface area contributed by atoms with Gasteiger partial charge in [-0.1, -0.05) is 121 Å². The molecule has 4 heteroatoms. The number of thiophene rings is 1. The van der Waals surface area contributed by atoms with Crippen LogP contribution in [0.5, 0.6) is 0 Å². The van der Waals surface area contributed by atoms with E-state index < -0.39 is 0 Å². The van der Waals surface area contributed by atoms with Crippen LogP contribution >= 0.6 is 11.3 Å². The second-order valence-corrected chi connectivity index (χ2v) is 16.2. The van der Waals surface area contributed by atoms with E-state index in [0.29, 0.717) is 0 Å². The molecule has 0 saturated carbocycles. The van der Waals surface area contributed by atoms with Crippen molar-refractivity contribution in [1.82, 2.24) is 4.57 Å². The molecule has 274 valence electrons. The standard InChI is InChI=1S/C54H36N2OS/c1-2-11-38(12-3-1)56-49-18-7-4-13-43(49)44-32-30-41(34-50(44)56)55(39-26-21-35(22-27-39)37-25-31-46-45-14-5-8-19-51(45)57-52(46)33-37)40-28-23-36(24-29-40)42-16-10-17-48-47-15-6-9-20-53(47)58-54(42)48/h1-7,9-18,20-34H,8,19H2. The van der Waals surface area contributed by atoms with E-state index in [-0.39, 0.29) is 0 Å². The molecule has 11 aromatic rings. The third-order valence-electron chi connectivity index (χ3n) is 11.9. The number of benzene rings is 8. The third kappa shape index (κ3) is 5.26. The van der Waals surface area contributed by atoms with E-state index in [0.717, 1.165) is 58.1 Å². The molecule has 0 N–H and O–H groups in total. The first kappa shape index (κ1) is 33.0. The van der Waals surface area contributed by atoms with Gasteiger partial charge in [0.2, 0.25) is 0 Å². The zero-order valence-electron chi connectivity index (χ0n) is 31.6. The van der Waals surface area contributed by atoms with E-state index in [4.69, 9.17) is 4.42 Å². The number of rotatable bonds is 6. The minimum absolute atomic E-state index is 0.952. The largest absolute Gasteiger partial charge is 0.460 e. The Balaban J connectivity index is 0.995. The Bertz CT molecular complexity index is 3380. The molecule has 12 rings (SSSR count). The molecule has 1 aliphatic rings. The first-order valence-electron chi connectivity index (χ1n) is 20.0. The van der Waals surface area contributed by atoms with E-state index in [1.165, 1.54) is 64.1 Å². The first-order chi connectivity index (χ1) is 28.7. The molecule has 58 heavy (non-hydrogen) atoms. The van der Waals surface area contributed by atoms with Gasteiger partial charge in [0.05, 0.1) is 11.0 Å². The normalized spacial score (nSPS) is 12.6. The van der Waals surface area contributed by atoms with Gasteiger partial charge >= 0.3 is 0 Å². The molecule has 0 aliphatic heterocycles. The van der Waals surface area contributed by atoms with Crippen LogP contribution in [0.1, 0.15) is 17.7 Å². The van der Waals surface area contributed by atoms with Crippen molar-refractivity contribution in [2.24, 2.45) is 0 Å². The minimum Gasteiger partial charge on any atom is -0.460 e. The number of aryl methyl sites for hydroxylation is 1. The van der Waals surface area contributed by atoms with Gasteiger partial charge < -0.3 is 13.9 Å². The summed E-state index contributed by atoms with van der Waals surface area (Å²) in [5.74, 6) is 1.09. The monoisotopic (exact) mass is 760 g/mol. The smallest absolute Gasteiger partial charge is 0.135 e. The molecular weight excluding hydrogens is 725 g/mol. The summed E-state index contributed by atoms with van der Waals surface area (Å²) < 4.78 is 11.4.